The van der Waals surface area contributed by atoms with Crippen molar-refractivity contribution >= 4 is 11.8 Å². The van der Waals surface area contributed by atoms with Gasteiger partial charge in [-0.25, -0.2) is 0 Å². The number of rotatable bonds is 3. The molecule has 0 aliphatic carbocycles. The first kappa shape index (κ1) is 15.3. The van der Waals surface area contributed by atoms with Crippen molar-refractivity contribution in [2.24, 2.45) is 0 Å². The minimum Gasteiger partial charge on any atom is -0.349 e. The second-order valence-corrected chi connectivity index (χ2v) is 5.83. The lowest BCUT2D eigenvalue weighted by Gasteiger charge is -2.32. The van der Waals surface area contributed by atoms with Gasteiger partial charge in [0.2, 0.25) is 0 Å². The van der Waals surface area contributed by atoms with Gasteiger partial charge in [-0.05, 0) is 37.5 Å². The highest BCUT2D eigenvalue weighted by Crippen LogP contribution is 2.14. The Kier molecular flexibility index (Phi) is 4.41. The fraction of sp³-hybridized carbons (Fsp3) is 0.353. The van der Waals surface area contributed by atoms with Gasteiger partial charge in [-0.2, -0.15) is 5.10 Å². The maximum absolute atomic E-state index is 12.3. The Hall–Kier alpha value is -2.63. The molecule has 1 aromatic carbocycles. The summed E-state index contributed by atoms with van der Waals surface area (Å²) in [5.41, 5.74) is 2.19. The topological polar surface area (TPSA) is 78.1 Å². The van der Waals surface area contributed by atoms with Crippen molar-refractivity contribution in [1.82, 2.24) is 20.4 Å². The minimum atomic E-state index is -0.0403. The number of hydrogen-bond acceptors (Lipinski definition) is 3. The molecule has 120 valence electrons. The summed E-state index contributed by atoms with van der Waals surface area (Å²) in [6.45, 7) is 3.20. The number of benzene rings is 1. The monoisotopic (exact) mass is 312 g/mol. The lowest BCUT2D eigenvalue weighted by atomic mass is 10.0. The van der Waals surface area contributed by atoms with Gasteiger partial charge in [0.25, 0.3) is 11.8 Å². The van der Waals surface area contributed by atoms with E-state index in [9.17, 15) is 9.59 Å². The highest BCUT2D eigenvalue weighted by molar-refractivity contribution is 5.96. The first-order valence-electron chi connectivity index (χ1n) is 7.80. The Bertz CT molecular complexity index is 688. The summed E-state index contributed by atoms with van der Waals surface area (Å²) in [6, 6.07) is 9.34. The number of aryl methyl sites for hydroxylation is 1. The van der Waals surface area contributed by atoms with E-state index in [1.807, 2.05) is 31.2 Å². The highest BCUT2D eigenvalue weighted by Gasteiger charge is 2.25. The molecule has 0 spiro atoms. The van der Waals surface area contributed by atoms with E-state index >= 15 is 0 Å². The molecule has 23 heavy (non-hydrogen) atoms. The van der Waals surface area contributed by atoms with E-state index in [-0.39, 0.29) is 17.9 Å². The van der Waals surface area contributed by atoms with Crippen LogP contribution in [0, 0.1) is 6.92 Å². The normalized spacial score (nSPS) is 15.4. The quantitative estimate of drug-likeness (QED) is 0.906. The summed E-state index contributed by atoms with van der Waals surface area (Å²) in [5, 5.41) is 9.57. The standard InChI is InChI=1S/C17H20N4O2/c1-12-4-2-3-5-14(12)16(22)19-13-7-10-21(11-8-13)17(23)15-6-9-18-20-15/h2-6,9,13H,7-8,10-11H2,1H3,(H,18,20)(H,19,22). The maximum atomic E-state index is 12.3. The van der Waals surface area contributed by atoms with Crippen LogP contribution in [0.25, 0.3) is 0 Å². The van der Waals surface area contributed by atoms with E-state index in [0.29, 0.717) is 24.3 Å². The molecule has 0 saturated carbocycles. The number of nitrogens with zero attached hydrogens (tertiary/aromatic N) is 2. The number of aromatic amines is 1. The van der Waals surface area contributed by atoms with Crippen molar-refractivity contribution in [1.29, 1.82) is 0 Å². The van der Waals surface area contributed by atoms with Crippen molar-refractivity contribution < 1.29 is 9.59 Å². The first-order valence-corrected chi connectivity index (χ1v) is 7.80. The zero-order chi connectivity index (χ0) is 16.2. The van der Waals surface area contributed by atoms with Gasteiger partial charge in [0.1, 0.15) is 5.69 Å². The van der Waals surface area contributed by atoms with Crippen LogP contribution in [0.4, 0.5) is 0 Å². The molecule has 2 amide bonds. The van der Waals surface area contributed by atoms with Crippen LogP contribution >= 0.6 is 0 Å². The van der Waals surface area contributed by atoms with E-state index in [1.54, 1.807) is 17.2 Å². The van der Waals surface area contributed by atoms with Crippen LogP contribution in [0.3, 0.4) is 0 Å². The van der Waals surface area contributed by atoms with Crippen LogP contribution in [-0.4, -0.2) is 46.0 Å². The smallest absolute Gasteiger partial charge is 0.271 e. The molecule has 1 aliphatic rings. The average Bonchev–Trinajstić information content (AvgIpc) is 3.09. The number of carbonyl (C=O) groups is 2. The van der Waals surface area contributed by atoms with Gasteiger partial charge in [-0.3, -0.25) is 14.7 Å². The van der Waals surface area contributed by atoms with Crippen molar-refractivity contribution in [2.45, 2.75) is 25.8 Å². The molecule has 6 nitrogen and oxygen atoms in total. The third-order valence-corrected chi connectivity index (χ3v) is 4.24. The Labute approximate surface area is 134 Å². The number of amides is 2. The Morgan fingerprint density at radius 1 is 1.22 bits per heavy atom. The Morgan fingerprint density at radius 2 is 1.96 bits per heavy atom. The molecule has 0 unspecified atom stereocenters. The number of hydrogen-bond donors (Lipinski definition) is 2. The molecule has 1 saturated heterocycles. The number of likely N-dealkylation sites (tertiary alicyclic amines) is 1. The zero-order valence-electron chi connectivity index (χ0n) is 13.1. The number of piperidine rings is 1. The summed E-state index contributed by atoms with van der Waals surface area (Å²) in [5.74, 6) is -0.0763. The summed E-state index contributed by atoms with van der Waals surface area (Å²) in [6.07, 6.45) is 3.09. The maximum Gasteiger partial charge on any atom is 0.271 e. The van der Waals surface area contributed by atoms with Crippen molar-refractivity contribution in [3.8, 4) is 0 Å². The van der Waals surface area contributed by atoms with Crippen LogP contribution < -0.4 is 5.32 Å². The van der Waals surface area contributed by atoms with Gasteiger partial charge in [-0.1, -0.05) is 18.2 Å². The average molecular weight is 312 g/mol. The Morgan fingerprint density at radius 3 is 2.61 bits per heavy atom. The van der Waals surface area contributed by atoms with Gasteiger partial charge < -0.3 is 10.2 Å². The van der Waals surface area contributed by atoms with Gasteiger partial charge in [0.15, 0.2) is 0 Å². The molecule has 1 aromatic heterocycles. The molecule has 2 N–H and O–H groups in total. The van der Waals surface area contributed by atoms with Gasteiger partial charge in [0.05, 0.1) is 0 Å². The van der Waals surface area contributed by atoms with E-state index in [4.69, 9.17) is 0 Å². The summed E-state index contributed by atoms with van der Waals surface area (Å²) < 4.78 is 0. The van der Waals surface area contributed by atoms with Gasteiger partial charge >= 0.3 is 0 Å². The Balaban J connectivity index is 1.54. The summed E-state index contributed by atoms with van der Waals surface area (Å²) in [4.78, 5) is 26.3. The SMILES string of the molecule is Cc1ccccc1C(=O)NC1CCN(C(=O)c2ccn[nH]2)CC1. The molecule has 0 atom stereocenters. The van der Waals surface area contributed by atoms with Crippen molar-refractivity contribution in [2.75, 3.05) is 13.1 Å². The lowest BCUT2D eigenvalue weighted by molar-refractivity contribution is 0.0692. The molecule has 1 aliphatic heterocycles. The lowest BCUT2D eigenvalue weighted by Crippen LogP contribution is -2.46. The molecule has 0 radical (unpaired) electrons. The summed E-state index contributed by atoms with van der Waals surface area (Å²) >= 11 is 0. The largest absolute Gasteiger partial charge is 0.349 e. The van der Waals surface area contributed by atoms with Gasteiger partial charge in [0, 0.05) is 30.9 Å². The predicted octanol–water partition coefficient (Wildman–Crippen LogP) is 1.75. The van der Waals surface area contributed by atoms with E-state index in [2.05, 4.69) is 15.5 Å². The van der Waals surface area contributed by atoms with Crippen molar-refractivity contribution in [3.63, 3.8) is 0 Å². The summed E-state index contributed by atoms with van der Waals surface area (Å²) in [7, 11) is 0. The second-order valence-electron chi connectivity index (χ2n) is 5.83. The molecule has 6 heteroatoms. The molecule has 2 aromatic rings. The molecular weight excluding hydrogens is 292 g/mol. The fourth-order valence-corrected chi connectivity index (χ4v) is 2.86. The third kappa shape index (κ3) is 3.41. The van der Waals surface area contributed by atoms with Crippen LogP contribution in [-0.2, 0) is 0 Å². The number of H-pyrrole nitrogens is 1. The van der Waals surface area contributed by atoms with Gasteiger partial charge in [-0.15, -0.1) is 0 Å². The zero-order valence-corrected chi connectivity index (χ0v) is 13.1. The molecular formula is C17H20N4O2. The predicted molar refractivity (Wildman–Crippen MR) is 86.2 cm³/mol. The number of nitrogens with one attached hydrogen (secondary N) is 2. The molecule has 3 rings (SSSR count). The molecule has 0 bridgehead atoms. The van der Waals surface area contributed by atoms with E-state index in [1.165, 1.54) is 0 Å². The van der Waals surface area contributed by atoms with Crippen LogP contribution in [0.5, 0.6) is 0 Å². The third-order valence-electron chi connectivity index (χ3n) is 4.24. The number of carbonyl (C=O) groups excluding carboxylic acids is 2. The second kappa shape index (κ2) is 6.64. The molecule has 2 heterocycles. The van der Waals surface area contributed by atoms with Crippen molar-refractivity contribution in [3.05, 3.63) is 53.3 Å². The van der Waals surface area contributed by atoms with Crippen LogP contribution in [0.1, 0.15) is 39.3 Å². The van der Waals surface area contributed by atoms with Crippen LogP contribution in [0.2, 0.25) is 0 Å². The molecule has 1 fully saturated rings. The first-order chi connectivity index (χ1) is 11.1. The van der Waals surface area contributed by atoms with E-state index < -0.39 is 0 Å². The highest BCUT2D eigenvalue weighted by atomic mass is 16.2. The number of aromatic nitrogens is 2. The fourth-order valence-electron chi connectivity index (χ4n) is 2.86. The minimum absolute atomic E-state index is 0.0359. The van der Waals surface area contributed by atoms with Crippen LogP contribution in [0.15, 0.2) is 36.5 Å². The van der Waals surface area contributed by atoms with E-state index in [0.717, 1.165) is 18.4 Å².